The lowest BCUT2D eigenvalue weighted by Crippen LogP contribution is -2.53. The number of carboxylic acids is 1. The number of hydrogen-bond donors (Lipinski definition) is 4. The van der Waals surface area contributed by atoms with E-state index >= 15 is 0 Å². The van der Waals surface area contributed by atoms with Crippen LogP contribution in [-0.2, 0) is 4.79 Å². The number of hydrogen-bond acceptors (Lipinski definition) is 7. The number of nitrogens with one attached hydrogen (secondary N) is 3. The monoisotopic (exact) mass is 447 g/mol. The number of ether oxygens (including phenoxy) is 3. The van der Waals surface area contributed by atoms with Crippen molar-refractivity contribution in [2.45, 2.75) is 24.7 Å². The second-order valence-electron chi connectivity index (χ2n) is 7.72. The molecule has 166 valence electrons. The number of halogens is 1. The molecule has 8 nitrogen and oxygen atoms in total. The van der Waals surface area contributed by atoms with Crippen LogP contribution in [0.25, 0.3) is 0 Å². The molecule has 4 N–H and O–H groups in total. The van der Waals surface area contributed by atoms with E-state index in [1.54, 1.807) is 27.4 Å². The van der Waals surface area contributed by atoms with Gasteiger partial charge in [-0.1, -0.05) is 23.7 Å². The highest BCUT2D eigenvalue weighted by Gasteiger charge is 2.49. The van der Waals surface area contributed by atoms with Gasteiger partial charge in [0.25, 0.3) is 0 Å². The highest BCUT2D eigenvalue weighted by molar-refractivity contribution is 6.30. The fraction of sp³-hybridized carbons (Fsp3) is 0.409. The number of fused-ring (bicyclic) bond motifs is 1. The van der Waals surface area contributed by atoms with Gasteiger partial charge in [0.15, 0.2) is 11.5 Å². The van der Waals surface area contributed by atoms with Gasteiger partial charge in [0.1, 0.15) is 5.75 Å². The van der Waals surface area contributed by atoms with Gasteiger partial charge in [-0.05, 0) is 30.2 Å². The average molecular weight is 448 g/mol. The number of carbonyl (C=O) groups is 1. The fourth-order valence-electron chi connectivity index (χ4n) is 4.66. The molecule has 5 atom stereocenters. The van der Waals surface area contributed by atoms with Crippen molar-refractivity contribution in [3.05, 3.63) is 52.5 Å². The zero-order chi connectivity index (χ0) is 22.1. The van der Waals surface area contributed by atoms with E-state index in [4.69, 9.17) is 25.8 Å². The molecule has 2 aliphatic rings. The summed E-state index contributed by atoms with van der Waals surface area (Å²) in [5.74, 6) is 0.113. The summed E-state index contributed by atoms with van der Waals surface area (Å²) in [5.41, 5.74) is 8.31. The van der Waals surface area contributed by atoms with Gasteiger partial charge in [-0.3, -0.25) is 10.1 Å². The van der Waals surface area contributed by atoms with Gasteiger partial charge in [0.05, 0.1) is 39.5 Å². The minimum absolute atomic E-state index is 0.163. The first-order chi connectivity index (χ1) is 15.0. The van der Waals surface area contributed by atoms with Crippen molar-refractivity contribution in [2.75, 3.05) is 21.3 Å². The Morgan fingerprint density at radius 3 is 2.26 bits per heavy atom. The standard InChI is InChI=1S/C22H26ClN3O5/c1-29-16-10-18(31-3)17(30-2)9-13(16)15-8-14(22(27)28)19-20(25-26-21(19)24-15)11-4-6-12(23)7-5-11/h4-7,9-10,14-15,19-21,24-26H,8H2,1-3H3,(H,27,28). The minimum Gasteiger partial charge on any atom is -0.496 e. The molecule has 0 aromatic heterocycles. The molecule has 2 fully saturated rings. The van der Waals surface area contributed by atoms with E-state index < -0.39 is 11.9 Å². The molecule has 0 saturated carbocycles. The van der Waals surface area contributed by atoms with Gasteiger partial charge in [-0.25, -0.2) is 10.9 Å². The Labute approximate surface area is 185 Å². The molecule has 31 heavy (non-hydrogen) atoms. The van der Waals surface area contributed by atoms with Crippen LogP contribution in [-0.4, -0.2) is 38.6 Å². The third-order valence-electron chi connectivity index (χ3n) is 6.16. The van der Waals surface area contributed by atoms with Gasteiger partial charge in [-0.15, -0.1) is 0 Å². The summed E-state index contributed by atoms with van der Waals surface area (Å²) in [6, 6.07) is 10.7. The summed E-state index contributed by atoms with van der Waals surface area (Å²) in [5, 5.41) is 14.3. The maximum Gasteiger partial charge on any atom is 0.307 e. The number of hydrazine groups is 1. The maximum absolute atomic E-state index is 12.3. The Balaban J connectivity index is 1.67. The molecule has 9 heteroatoms. The zero-order valence-corrected chi connectivity index (χ0v) is 18.3. The second-order valence-corrected chi connectivity index (χ2v) is 8.16. The third-order valence-corrected chi connectivity index (χ3v) is 6.41. The van der Waals surface area contributed by atoms with Crippen molar-refractivity contribution in [3.8, 4) is 17.2 Å². The topological polar surface area (TPSA) is 101 Å². The fourth-order valence-corrected chi connectivity index (χ4v) is 4.79. The molecule has 0 spiro atoms. The Kier molecular flexibility index (Phi) is 6.24. The van der Waals surface area contributed by atoms with E-state index in [0.717, 1.165) is 11.1 Å². The first-order valence-corrected chi connectivity index (χ1v) is 10.4. The number of aliphatic carboxylic acids is 1. The average Bonchev–Trinajstić information content (AvgIpc) is 3.21. The van der Waals surface area contributed by atoms with Gasteiger partial charge in [0, 0.05) is 28.6 Å². The number of methoxy groups -OCH3 is 3. The maximum atomic E-state index is 12.3. The molecular weight excluding hydrogens is 422 g/mol. The van der Waals surface area contributed by atoms with Crippen LogP contribution in [0, 0.1) is 11.8 Å². The van der Waals surface area contributed by atoms with Crippen molar-refractivity contribution in [1.82, 2.24) is 16.2 Å². The molecule has 0 amide bonds. The number of piperidine rings is 1. The first kappa shape index (κ1) is 21.7. The van der Waals surface area contributed by atoms with Crippen LogP contribution in [0.4, 0.5) is 0 Å². The first-order valence-electron chi connectivity index (χ1n) is 10.0. The Morgan fingerprint density at radius 2 is 1.65 bits per heavy atom. The van der Waals surface area contributed by atoms with Crippen LogP contribution < -0.4 is 30.4 Å². The van der Waals surface area contributed by atoms with Gasteiger partial charge in [-0.2, -0.15) is 0 Å². The van der Waals surface area contributed by atoms with Crippen LogP contribution in [0.3, 0.4) is 0 Å². The molecule has 4 rings (SSSR count). The third kappa shape index (κ3) is 4.04. The highest BCUT2D eigenvalue weighted by Crippen LogP contribution is 2.46. The molecule has 2 aromatic carbocycles. The lowest BCUT2D eigenvalue weighted by Gasteiger charge is -2.39. The summed E-state index contributed by atoms with van der Waals surface area (Å²) >= 11 is 6.02. The summed E-state index contributed by atoms with van der Waals surface area (Å²) in [7, 11) is 4.71. The van der Waals surface area contributed by atoms with Gasteiger partial charge >= 0.3 is 5.97 Å². The molecule has 0 radical (unpaired) electrons. The minimum atomic E-state index is -0.828. The van der Waals surface area contributed by atoms with Crippen molar-refractivity contribution < 1.29 is 24.1 Å². The molecule has 0 bridgehead atoms. The van der Waals surface area contributed by atoms with Gasteiger partial charge in [0.2, 0.25) is 0 Å². The van der Waals surface area contributed by atoms with E-state index in [2.05, 4.69) is 16.2 Å². The molecule has 0 aliphatic carbocycles. The van der Waals surface area contributed by atoms with E-state index in [9.17, 15) is 9.90 Å². The normalized spacial score (nSPS) is 27.4. The lowest BCUT2D eigenvalue weighted by molar-refractivity contribution is -0.146. The summed E-state index contributed by atoms with van der Waals surface area (Å²) in [6.07, 6.45) is 0.147. The lowest BCUT2D eigenvalue weighted by atomic mass is 9.74. The van der Waals surface area contributed by atoms with Crippen LogP contribution in [0.5, 0.6) is 17.2 Å². The number of carboxylic acid groups (broad SMARTS) is 1. The molecule has 2 aliphatic heterocycles. The Morgan fingerprint density at radius 1 is 1.00 bits per heavy atom. The van der Waals surface area contributed by atoms with E-state index in [0.29, 0.717) is 28.7 Å². The Bertz CT molecular complexity index is 955. The smallest absolute Gasteiger partial charge is 0.307 e. The van der Waals surface area contributed by atoms with Crippen LogP contribution in [0.1, 0.15) is 29.6 Å². The largest absolute Gasteiger partial charge is 0.496 e. The van der Waals surface area contributed by atoms with Crippen LogP contribution in [0.15, 0.2) is 36.4 Å². The molecule has 2 aromatic rings. The summed E-state index contributed by atoms with van der Waals surface area (Å²) in [4.78, 5) is 12.3. The highest BCUT2D eigenvalue weighted by atomic mass is 35.5. The van der Waals surface area contributed by atoms with Crippen LogP contribution in [0.2, 0.25) is 5.02 Å². The van der Waals surface area contributed by atoms with E-state index in [-0.39, 0.29) is 24.2 Å². The van der Waals surface area contributed by atoms with Crippen molar-refractivity contribution in [2.24, 2.45) is 11.8 Å². The Hall–Kier alpha value is -2.52. The predicted octanol–water partition coefficient (Wildman–Crippen LogP) is 2.89. The van der Waals surface area contributed by atoms with Gasteiger partial charge < -0.3 is 19.3 Å². The van der Waals surface area contributed by atoms with Crippen molar-refractivity contribution >= 4 is 17.6 Å². The van der Waals surface area contributed by atoms with E-state index in [1.165, 1.54) is 0 Å². The van der Waals surface area contributed by atoms with Crippen molar-refractivity contribution in [1.29, 1.82) is 0 Å². The summed E-state index contributed by atoms with van der Waals surface area (Å²) < 4.78 is 16.4. The molecule has 2 heterocycles. The molecule has 2 saturated heterocycles. The number of rotatable bonds is 6. The SMILES string of the molecule is COc1cc(OC)c(C2CC(C(=O)O)C3C(NNC3c3ccc(Cl)cc3)N2)cc1OC. The quantitative estimate of drug-likeness (QED) is 0.536. The second kappa shape index (κ2) is 8.92. The molecular formula is C22H26ClN3O5. The molecule has 5 unspecified atom stereocenters. The zero-order valence-electron chi connectivity index (χ0n) is 17.5. The van der Waals surface area contributed by atoms with E-state index in [1.807, 2.05) is 30.3 Å². The van der Waals surface area contributed by atoms with Crippen LogP contribution >= 0.6 is 11.6 Å². The summed E-state index contributed by atoms with van der Waals surface area (Å²) in [6.45, 7) is 0. The predicted molar refractivity (Wildman–Crippen MR) is 115 cm³/mol. The number of benzene rings is 2. The van der Waals surface area contributed by atoms with Crippen molar-refractivity contribution in [3.63, 3.8) is 0 Å².